The molecule has 1 nitrogen and oxygen atoms in total. The fraction of sp³-hybridized carbons (Fsp3) is 0.630. The molecule has 2 fully saturated rings. The van der Waals surface area contributed by atoms with Crippen LogP contribution in [0.4, 0.5) is 17.6 Å². The Labute approximate surface area is 188 Å². The largest absolute Gasteiger partial charge is 0.573 e. The molecule has 0 spiro atoms. The number of halogens is 4. The van der Waals surface area contributed by atoms with E-state index in [1.807, 2.05) is 12.1 Å². The van der Waals surface area contributed by atoms with Gasteiger partial charge in [-0.25, -0.2) is 4.39 Å². The van der Waals surface area contributed by atoms with Crippen molar-refractivity contribution in [1.29, 1.82) is 0 Å². The van der Waals surface area contributed by atoms with Gasteiger partial charge < -0.3 is 4.74 Å². The van der Waals surface area contributed by atoms with Gasteiger partial charge in [0, 0.05) is 0 Å². The first-order chi connectivity index (χ1) is 15.3. The molecule has 5 heteroatoms. The van der Waals surface area contributed by atoms with Gasteiger partial charge in [0.15, 0.2) is 11.6 Å². The lowest BCUT2D eigenvalue weighted by Gasteiger charge is -2.42. The van der Waals surface area contributed by atoms with E-state index in [-0.39, 0.29) is 0 Å². The molecule has 0 amide bonds. The van der Waals surface area contributed by atoms with E-state index in [0.29, 0.717) is 16.7 Å². The summed E-state index contributed by atoms with van der Waals surface area (Å²) in [6.07, 6.45) is 9.52. The SMILES string of the molecule is CCCCCCC1CCC2CC(c3ccc4cc(OC(F)(F)F)c(F)cc4c3)CCC2C1. The lowest BCUT2D eigenvalue weighted by Crippen LogP contribution is -2.30. The predicted octanol–water partition coefficient (Wildman–Crippen LogP) is 9.15. The van der Waals surface area contributed by atoms with Gasteiger partial charge in [-0.15, -0.1) is 13.2 Å². The Balaban J connectivity index is 1.39. The first kappa shape index (κ1) is 23.4. The van der Waals surface area contributed by atoms with Crippen LogP contribution in [0.15, 0.2) is 30.3 Å². The molecule has 2 saturated carbocycles. The number of hydrogen-bond acceptors (Lipinski definition) is 1. The molecule has 0 aromatic heterocycles. The van der Waals surface area contributed by atoms with Crippen LogP contribution in [0, 0.1) is 23.6 Å². The number of unbranched alkanes of at least 4 members (excludes halogenated alkanes) is 3. The highest BCUT2D eigenvalue weighted by Gasteiger charge is 2.36. The Morgan fingerprint density at radius 1 is 0.875 bits per heavy atom. The molecular formula is C27H34F4O. The van der Waals surface area contributed by atoms with E-state index < -0.39 is 17.9 Å². The third kappa shape index (κ3) is 5.77. The monoisotopic (exact) mass is 450 g/mol. The third-order valence-electron chi connectivity index (χ3n) is 7.80. The number of fused-ring (bicyclic) bond motifs is 2. The molecule has 2 aliphatic carbocycles. The van der Waals surface area contributed by atoms with E-state index >= 15 is 0 Å². The van der Waals surface area contributed by atoms with Crippen molar-refractivity contribution in [1.82, 2.24) is 0 Å². The molecule has 32 heavy (non-hydrogen) atoms. The van der Waals surface area contributed by atoms with E-state index in [4.69, 9.17) is 0 Å². The molecule has 2 aliphatic rings. The van der Waals surface area contributed by atoms with Crippen molar-refractivity contribution in [3.63, 3.8) is 0 Å². The van der Waals surface area contributed by atoms with Gasteiger partial charge in [-0.05, 0) is 84.2 Å². The average molecular weight is 451 g/mol. The summed E-state index contributed by atoms with van der Waals surface area (Å²) < 4.78 is 55.5. The Hall–Kier alpha value is -1.78. The zero-order chi connectivity index (χ0) is 22.7. The van der Waals surface area contributed by atoms with Gasteiger partial charge in [0.1, 0.15) is 0 Å². The second-order valence-corrected chi connectivity index (χ2v) is 10.00. The van der Waals surface area contributed by atoms with Gasteiger partial charge in [0.25, 0.3) is 0 Å². The summed E-state index contributed by atoms with van der Waals surface area (Å²) in [6.45, 7) is 2.26. The van der Waals surface area contributed by atoms with Gasteiger partial charge in [0.2, 0.25) is 0 Å². The second-order valence-electron chi connectivity index (χ2n) is 10.00. The van der Waals surface area contributed by atoms with Crippen LogP contribution in [0.2, 0.25) is 0 Å². The molecule has 0 bridgehead atoms. The number of hydrogen-bond donors (Lipinski definition) is 0. The van der Waals surface area contributed by atoms with E-state index in [1.54, 1.807) is 6.07 Å². The van der Waals surface area contributed by atoms with E-state index in [2.05, 4.69) is 11.7 Å². The minimum atomic E-state index is -4.90. The van der Waals surface area contributed by atoms with Crippen LogP contribution in [-0.2, 0) is 0 Å². The summed E-state index contributed by atoms with van der Waals surface area (Å²) in [5.74, 6) is 1.22. The molecule has 0 heterocycles. The maximum absolute atomic E-state index is 14.2. The molecular weight excluding hydrogens is 416 g/mol. The fourth-order valence-corrected chi connectivity index (χ4v) is 6.14. The zero-order valence-corrected chi connectivity index (χ0v) is 18.9. The number of benzene rings is 2. The number of rotatable bonds is 7. The molecule has 0 radical (unpaired) electrons. The predicted molar refractivity (Wildman–Crippen MR) is 120 cm³/mol. The highest BCUT2D eigenvalue weighted by Crippen LogP contribution is 2.48. The van der Waals surface area contributed by atoms with Crippen molar-refractivity contribution in [2.24, 2.45) is 17.8 Å². The van der Waals surface area contributed by atoms with Crippen molar-refractivity contribution in [3.8, 4) is 5.75 Å². The second kappa shape index (κ2) is 10.0. The Morgan fingerprint density at radius 2 is 1.66 bits per heavy atom. The van der Waals surface area contributed by atoms with E-state index in [0.717, 1.165) is 36.3 Å². The van der Waals surface area contributed by atoms with Gasteiger partial charge in [-0.2, -0.15) is 0 Å². The lowest BCUT2D eigenvalue weighted by molar-refractivity contribution is -0.275. The maximum Gasteiger partial charge on any atom is 0.573 e. The van der Waals surface area contributed by atoms with Crippen LogP contribution in [0.3, 0.4) is 0 Å². The van der Waals surface area contributed by atoms with Gasteiger partial charge in [0.05, 0.1) is 0 Å². The number of alkyl halides is 3. The normalized spacial score (nSPS) is 26.2. The summed E-state index contributed by atoms with van der Waals surface area (Å²) in [5, 5.41) is 1.19. The van der Waals surface area contributed by atoms with Crippen LogP contribution in [0.25, 0.3) is 10.8 Å². The first-order valence-corrected chi connectivity index (χ1v) is 12.3. The fourth-order valence-electron chi connectivity index (χ4n) is 6.14. The average Bonchev–Trinajstić information content (AvgIpc) is 2.75. The summed E-state index contributed by atoms with van der Waals surface area (Å²) in [4.78, 5) is 0. The van der Waals surface area contributed by atoms with Gasteiger partial charge in [-0.3, -0.25) is 0 Å². The summed E-state index contributed by atoms with van der Waals surface area (Å²) >= 11 is 0. The van der Waals surface area contributed by atoms with Crippen molar-refractivity contribution in [2.75, 3.05) is 0 Å². The van der Waals surface area contributed by atoms with E-state index in [1.165, 1.54) is 69.8 Å². The Kier molecular flexibility index (Phi) is 7.31. The molecule has 4 atom stereocenters. The molecule has 2 aromatic rings. The smallest absolute Gasteiger partial charge is 0.403 e. The lowest BCUT2D eigenvalue weighted by atomic mass is 9.63. The molecule has 0 N–H and O–H groups in total. The van der Waals surface area contributed by atoms with Crippen molar-refractivity contribution in [2.45, 2.75) is 89.8 Å². The quantitative estimate of drug-likeness (QED) is 0.302. The molecule has 4 rings (SSSR count). The highest BCUT2D eigenvalue weighted by molar-refractivity contribution is 5.85. The van der Waals surface area contributed by atoms with Crippen LogP contribution < -0.4 is 4.74 Å². The molecule has 0 aliphatic heterocycles. The van der Waals surface area contributed by atoms with Crippen LogP contribution in [-0.4, -0.2) is 6.36 Å². The van der Waals surface area contributed by atoms with Crippen molar-refractivity contribution >= 4 is 10.8 Å². The topological polar surface area (TPSA) is 9.23 Å². The maximum atomic E-state index is 14.2. The zero-order valence-electron chi connectivity index (χ0n) is 18.9. The third-order valence-corrected chi connectivity index (χ3v) is 7.80. The molecule has 176 valence electrons. The van der Waals surface area contributed by atoms with Crippen LogP contribution >= 0.6 is 0 Å². The highest BCUT2D eigenvalue weighted by atomic mass is 19.4. The molecule has 4 unspecified atom stereocenters. The minimum absolute atomic E-state index is 0.455. The Bertz CT molecular complexity index is 906. The summed E-state index contributed by atoms with van der Waals surface area (Å²) in [5.41, 5.74) is 1.18. The van der Waals surface area contributed by atoms with E-state index in [9.17, 15) is 17.6 Å². The minimum Gasteiger partial charge on any atom is -0.403 e. The summed E-state index contributed by atoms with van der Waals surface area (Å²) in [6, 6.07) is 8.06. The standard InChI is InChI=1S/C27H34F4O/c1-2-3-4-5-6-18-7-8-20-14-21(10-9-19(20)13-18)22-11-12-23-17-26(32-27(29,30)31)25(28)16-24(23)15-22/h11-12,15-21H,2-10,13-14H2,1H3. The summed E-state index contributed by atoms with van der Waals surface area (Å²) in [7, 11) is 0. The molecule has 2 aromatic carbocycles. The van der Waals surface area contributed by atoms with Crippen molar-refractivity contribution in [3.05, 3.63) is 41.7 Å². The van der Waals surface area contributed by atoms with Gasteiger partial charge >= 0.3 is 6.36 Å². The first-order valence-electron chi connectivity index (χ1n) is 12.3. The van der Waals surface area contributed by atoms with Gasteiger partial charge in [-0.1, -0.05) is 63.6 Å². The number of ether oxygens (including phenoxy) is 1. The van der Waals surface area contributed by atoms with Crippen LogP contribution in [0.5, 0.6) is 5.75 Å². The van der Waals surface area contributed by atoms with Crippen molar-refractivity contribution < 1.29 is 22.3 Å². The molecule has 0 saturated heterocycles. The Morgan fingerprint density at radius 3 is 2.44 bits per heavy atom. The van der Waals surface area contributed by atoms with Crippen LogP contribution in [0.1, 0.15) is 89.0 Å².